The molecule has 2 N–H and O–H groups in total. The molecular weight excluding hydrogens is 615 g/mol. The molecule has 0 aliphatic carbocycles. The van der Waals surface area contributed by atoms with Crippen molar-refractivity contribution >= 4 is 45.1 Å². The first kappa shape index (κ1) is 31.3. The molecule has 0 fully saturated rings. The molecule has 2 aromatic carbocycles. The second-order valence-corrected chi connectivity index (χ2v) is 12.0. The molecule has 5 rings (SSSR count). The summed E-state index contributed by atoms with van der Waals surface area (Å²) in [5, 5.41) is 9.01. The lowest BCUT2D eigenvalue weighted by atomic mass is 10.1. The van der Waals surface area contributed by atoms with Gasteiger partial charge in [-0.25, -0.2) is 9.79 Å². The Kier molecular flexibility index (Phi) is 10.4. The molecule has 13 heteroatoms. The molecule has 0 amide bonds. The number of fused-ring (bicyclic) bond motifs is 1. The highest BCUT2D eigenvalue weighted by Crippen LogP contribution is 2.36. The molecule has 0 radical (unpaired) electrons. The first-order chi connectivity index (χ1) is 21.3. The largest absolute Gasteiger partial charge is 0.490 e. The lowest BCUT2D eigenvalue weighted by molar-refractivity contribution is -0.199. The first-order valence-corrected chi connectivity index (χ1v) is 15.5. The van der Waals surface area contributed by atoms with Crippen molar-refractivity contribution in [1.29, 1.82) is 0 Å². The van der Waals surface area contributed by atoms with E-state index in [1.807, 2.05) is 48.5 Å². The normalized spacial score (nSPS) is 15.9. The lowest BCUT2D eigenvalue weighted by Crippen LogP contribution is -2.34. The molecule has 3 heterocycles. The van der Waals surface area contributed by atoms with Crippen LogP contribution in [-0.4, -0.2) is 58.8 Å². The fourth-order valence-corrected chi connectivity index (χ4v) is 6.61. The SMILES string of the molecule is O=C(OCCNCCS1=C2C(=C(Nc3ccc(OCc4ccccn4)c(Cl)c3)N=CN2Cc2ccccc2)C=C1)C(F)(F)F. The van der Waals surface area contributed by atoms with Crippen molar-refractivity contribution < 1.29 is 27.4 Å². The lowest BCUT2D eigenvalue weighted by Gasteiger charge is -2.28. The summed E-state index contributed by atoms with van der Waals surface area (Å²) in [6.45, 7) is 1.19. The van der Waals surface area contributed by atoms with Crippen molar-refractivity contribution in [2.75, 3.05) is 30.8 Å². The topological polar surface area (TPSA) is 88.1 Å². The van der Waals surface area contributed by atoms with Gasteiger partial charge in [-0.05, 0) is 47.4 Å². The fourth-order valence-electron chi connectivity index (χ4n) is 4.39. The number of esters is 1. The standard InChI is InChI=1S/C31H29ClF3N5O3S/c32-26-18-23(9-10-27(26)43-20-24-8-4-5-12-37-24)39-28-25-11-16-44(17-14-36-13-15-42-30(41)31(33,34)35)29(25)40(21-38-28)19-22-6-2-1-3-7-22/h1-12,16,18,21,36,39H,13-15,17,19-20H2. The van der Waals surface area contributed by atoms with E-state index in [0.29, 0.717) is 42.0 Å². The minimum absolute atomic E-state index is 0.116. The number of rotatable bonds is 13. The quantitative estimate of drug-likeness (QED) is 0.132. The number of aromatic nitrogens is 1. The van der Waals surface area contributed by atoms with Gasteiger partial charge in [-0.2, -0.15) is 13.2 Å². The Bertz CT molecular complexity index is 1600. The Morgan fingerprint density at radius 3 is 2.61 bits per heavy atom. The van der Waals surface area contributed by atoms with Gasteiger partial charge in [0.05, 0.1) is 22.0 Å². The fraction of sp³-hybridized carbons (Fsp3) is 0.226. The van der Waals surface area contributed by atoms with E-state index in [1.165, 1.54) is 0 Å². The van der Waals surface area contributed by atoms with Crippen LogP contribution in [0.2, 0.25) is 5.02 Å². The van der Waals surface area contributed by atoms with Crippen molar-refractivity contribution in [3.63, 3.8) is 0 Å². The van der Waals surface area contributed by atoms with Crippen LogP contribution in [0, 0.1) is 0 Å². The molecule has 0 bridgehead atoms. The van der Waals surface area contributed by atoms with Crippen LogP contribution in [0.3, 0.4) is 0 Å². The maximum absolute atomic E-state index is 12.3. The van der Waals surface area contributed by atoms with E-state index < -0.39 is 12.1 Å². The van der Waals surface area contributed by atoms with Crippen LogP contribution in [0.25, 0.3) is 0 Å². The van der Waals surface area contributed by atoms with Gasteiger partial charge in [0, 0.05) is 42.8 Å². The van der Waals surface area contributed by atoms with Crippen molar-refractivity contribution in [3.8, 4) is 5.75 Å². The van der Waals surface area contributed by atoms with E-state index in [2.05, 4.69) is 42.8 Å². The second-order valence-electron chi connectivity index (χ2n) is 9.62. The number of aliphatic imine (C=N–C) groups is 1. The van der Waals surface area contributed by atoms with E-state index in [9.17, 15) is 18.0 Å². The number of nitrogens with zero attached hydrogens (tertiary/aromatic N) is 3. The van der Waals surface area contributed by atoms with Gasteiger partial charge in [0.1, 0.15) is 24.8 Å². The van der Waals surface area contributed by atoms with Gasteiger partial charge in [-0.1, -0.05) is 48.0 Å². The van der Waals surface area contributed by atoms with E-state index in [4.69, 9.17) is 21.3 Å². The summed E-state index contributed by atoms with van der Waals surface area (Å²) in [5.74, 6) is -0.280. The Labute approximate surface area is 260 Å². The zero-order valence-electron chi connectivity index (χ0n) is 23.4. The van der Waals surface area contributed by atoms with Crippen LogP contribution in [0.4, 0.5) is 18.9 Å². The van der Waals surface area contributed by atoms with E-state index in [-0.39, 0.29) is 23.6 Å². The number of halogens is 4. The van der Waals surface area contributed by atoms with Crippen LogP contribution in [-0.2, 0) is 22.7 Å². The molecule has 230 valence electrons. The Morgan fingerprint density at radius 2 is 1.86 bits per heavy atom. The third-order valence-corrected chi connectivity index (χ3v) is 8.81. The maximum Gasteiger partial charge on any atom is 0.490 e. The Hall–Kier alpha value is -4.13. The van der Waals surface area contributed by atoms with Gasteiger partial charge in [0.15, 0.2) is 0 Å². The minimum Gasteiger partial charge on any atom is -0.486 e. The summed E-state index contributed by atoms with van der Waals surface area (Å²) in [6, 6.07) is 21.1. The second kappa shape index (κ2) is 14.6. The number of pyridine rings is 1. The van der Waals surface area contributed by atoms with Crippen molar-refractivity contribution in [3.05, 3.63) is 112 Å². The minimum atomic E-state index is -4.99. The summed E-state index contributed by atoms with van der Waals surface area (Å²) < 4.78 is 47.1. The van der Waals surface area contributed by atoms with Gasteiger partial charge in [-0.15, -0.1) is 10.5 Å². The summed E-state index contributed by atoms with van der Waals surface area (Å²) >= 11 is 6.54. The average Bonchev–Trinajstić information content (AvgIpc) is 3.45. The predicted octanol–water partition coefficient (Wildman–Crippen LogP) is 6.10. The summed E-state index contributed by atoms with van der Waals surface area (Å²) in [6.07, 6.45) is 0.551. The number of benzene rings is 2. The summed E-state index contributed by atoms with van der Waals surface area (Å²) in [4.78, 5) is 23.1. The molecule has 0 saturated carbocycles. The third-order valence-electron chi connectivity index (χ3n) is 6.45. The molecular formula is C31H29ClF3N5O3S. The number of carbonyl (C=O) groups excluding carboxylic acids is 1. The average molecular weight is 644 g/mol. The predicted molar refractivity (Wildman–Crippen MR) is 168 cm³/mol. The maximum atomic E-state index is 12.3. The Balaban J connectivity index is 1.27. The van der Waals surface area contributed by atoms with Crippen LogP contribution in [0.5, 0.6) is 5.75 Å². The van der Waals surface area contributed by atoms with Crippen molar-refractivity contribution in [2.45, 2.75) is 19.3 Å². The van der Waals surface area contributed by atoms with E-state index >= 15 is 0 Å². The molecule has 1 atom stereocenters. The molecule has 3 aromatic rings. The zero-order valence-corrected chi connectivity index (χ0v) is 25.0. The van der Waals surface area contributed by atoms with Gasteiger partial charge >= 0.3 is 12.1 Å². The molecule has 8 nitrogen and oxygen atoms in total. The highest BCUT2D eigenvalue weighted by molar-refractivity contribution is 8.19. The highest BCUT2D eigenvalue weighted by atomic mass is 35.5. The van der Waals surface area contributed by atoms with E-state index in [0.717, 1.165) is 27.5 Å². The van der Waals surface area contributed by atoms with Crippen molar-refractivity contribution in [2.24, 2.45) is 4.99 Å². The molecule has 0 spiro atoms. The number of anilines is 1. The van der Waals surface area contributed by atoms with Crippen LogP contribution >= 0.6 is 22.1 Å². The molecule has 44 heavy (non-hydrogen) atoms. The number of hydrogen-bond acceptors (Lipinski definition) is 8. The van der Waals surface area contributed by atoms with E-state index in [1.54, 1.807) is 24.7 Å². The van der Waals surface area contributed by atoms with Gasteiger partial charge in [-0.3, -0.25) is 4.98 Å². The molecule has 1 unspecified atom stereocenters. The van der Waals surface area contributed by atoms with Gasteiger partial charge < -0.3 is 25.0 Å². The molecule has 1 aromatic heterocycles. The van der Waals surface area contributed by atoms with Gasteiger partial charge in [0.2, 0.25) is 0 Å². The van der Waals surface area contributed by atoms with Crippen LogP contribution in [0.1, 0.15) is 11.3 Å². The molecule has 2 aliphatic rings. The molecule has 0 saturated heterocycles. The summed E-state index contributed by atoms with van der Waals surface area (Å²) in [5.41, 5.74) is 3.60. The van der Waals surface area contributed by atoms with Crippen LogP contribution < -0.4 is 15.4 Å². The van der Waals surface area contributed by atoms with Gasteiger partial charge in [0.25, 0.3) is 0 Å². The number of carbonyl (C=O) groups is 1. The number of nitrogens with one attached hydrogen (secondary N) is 2. The first-order valence-electron chi connectivity index (χ1n) is 13.7. The highest BCUT2D eigenvalue weighted by Gasteiger charge is 2.40. The monoisotopic (exact) mass is 643 g/mol. The summed E-state index contributed by atoms with van der Waals surface area (Å²) in [7, 11) is -0.313. The van der Waals surface area contributed by atoms with Crippen molar-refractivity contribution in [1.82, 2.24) is 15.2 Å². The number of hydrogen-bond donors (Lipinski definition) is 2. The van der Waals surface area contributed by atoms with Crippen LogP contribution in [0.15, 0.2) is 101 Å². The smallest absolute Gasteiger partial charge is 0.486 e. The number of ether oxygens (including phenoxy) is 2. The number of alkyl halides is 3. The Morgan fingerprint density at radius 1 is 1.05 bits per heavy atom. The zero-order chi connectivity index (χ0) is 30.9. The third kappa shape index (κ3) is 8.28. The molecule has 2 aliphatic heterocycles.